The van der Waals surface area contributed by atoms with E-state index in [1.165, 1.54) is 6.33 Å². The summed E-state index contributed by atoms with van der Waals surface area (Å²) in [7, 11) is 1.83. The van der Waals surface area contributed by atoms with Gasteiger partial charge in [-0.2, -0.15) is 5.10 Å². The molecule has 0 spiro atoms. The molecule has 0 saturated carbocycles. The lowest BCUT2D eigenvalue weighted by Crippen LogP contribution is -2.19. The molecule has 1 atom stereocenters. The molecule has 1 aromatic rings. The zero-order valence-corrected chi connectivity index (χ0v) is 7.73. The molecule has 0 aliphatic rings. The van der Waals surface area contributed by atoms with Crippen LogP contribution in [0.2, 0.25) is 0 Å². The molecule has 1 aromatic heterocycles. The van der Waals surface area contributed by atoms with Crippen molar-refractivity contribution < 1.29 is 5.11 Å². The topological polar surface area (TPSA) is 50.9 Å². The molecule has 12 heavy (non-hydrogen) atoms. The molecular weight excluding hydrogens is 154 g/mol. The van der Waals surface area contributed by atoms with Gasteiger partial charge < -0.3 is 5.11 Å². The first-order valence-corrected chi connectivity index (χ1v) is 4.12. The van der Waals surface area contributed by atoms with Crippen molar-refractivity contribution in [3.63, 3.8) is 0 Å². The van der Waals surface area contributed by atoms with E-state index in [1.807, 2.05) is 20.9 Å². The van der Waals surface area contributed by atoms with Gasteiger partial charge >= 0.3 is 0 Å². The van der Waals surface area contributed by atoms with Crippen molar-refractivity contribution in [1.82, 2.24) is 14.8 Å². The predicted octanol–water partition coefficient (Wildman–Crippen LogP) is 0.374. The number of aryl methyl sites for hydroxylation is 1. The molecule has 4 nitrogen and oxygen atoms in total. The van der Waals surface area contributed by atoms with Gasteiger partial charge in [-0.25, -0.2) is 4.98 Å². The van der Waals surface area contributed by atoms with Gasteiger partial charge in [0.25, 0.3) is 0 Å². The maximum Gasteiger partial charge on any atom is 0.138 e. The van der Waals surface area contributed by atoms with Crippen molar-refractivity contribution in [3.8, 4) is 0 Å². The Morgan fingerprint density at radius 3 is 2.67 bits per heavy atom. The second kappa shape index (κ2) is 3.67. The fraction of sp³-hybridized carbons (Fsp3) is 0.750. The highest BCUT2D eigenvalue weighted by molar-refractivity contribution is 4.86. The number of nitrogens with zero attached hydrogens (tertiary/aromatic N) is 3. The SMILES string of the molecule is CC(C)C(O)Cc1ncnn1C. The van der Waals surface area contributed by atoms with Crippen LogP contribution in [0, 0.1) is 5.92 Å². The van der Waals surface area contributed by atoms with E-state index in [1.54, 1.807) is 4.68 Å². The van der Waals surface area contributed by atoms with Crippen LogP contribution in [0.4, 0.5) is 0 Å². The van der Waals surface area contributed by atoms with Gasteiger partial charge in [0.15, 0.2) is 0 Å². The second-order valence-electron chi connectivity index (χ2n) is 3.32. The molecule has 1 heterocycles. The molecule has 4 heteroatoms. The molecule has 0 aromatic carbocycles. The van der Waals surface area contributed by atoms with Gasteiger partial charge in [0.1, 0.15) is 12.2 Å². The maximum atomic E-state index is 9.54. The minimum atomic E-state index is -0.326. The van der Waals surface area contributed by atoms with Crippen molar-refractivity contribution in [2.24, 2.45) is 13.0 Å². The molecule has 0 aliphatic heterocycles. The Labute approximate surface area is 72.2 Å². The molecule has 0 fully saturated rings. The summed E-state index contributed by atoms with van der Waals surface area (Å²) in [5, 5.41) is 13.5. The van der Waals surface area contributed by atoms with Crippen LogP contribution in [0.15, 0.2) is 6.33 Å². The molecule has 68 valence electrons. The van der Waals surface area contributed by atoms with E-state index in [2.05, 4.69) is 10.1 Å². The molecule has 1 unspecified atom stereocenters. The van der Waals surface area contributed by atoms with Crippen molar-refractivity contribution >= 4 is 0 Å². The molecule has 1 N–H and O–H groups in total. The van der Waals surface area contributed by atoms with Crippen LogP contribution >= 0.6 is 0 Å². The highest BCUT2D eigenvalue weighted by atomic mass is 16.3. The lowest BCUT2D eigenvalue weighted by molar-refractivity contribution is 0.122. The zero-order valence-electron chi connectivity index (χ0n) is 7.73. The summed E-state index contributed by atoms with van der Waals surface area (Å²) in [6.07, 6.45) is 1.75. The van der Waals surface area contributed by atoms with Gasteiger partial charge in [-0.15, -0.1) is 0 Å². The highest BCUT2D eigenvalue weighted by Crippen LogP contribution is 2.06. The van der Waals surface area contributed by atoms with Gasteiger partial charge in [-0.05, 0) is 5.92 Å². The number of rotatable bonds is 3. The van der Waals surface area contributed by atoms with Crippen LogP contribution in [0.5, 0.6) is 0 Å². The van der Waals surface area contributed by atoms with Crippen LogP contribution in [-0.4, -0.2) is 26.0 Å². The number of hydrogen-bond donors (Lipinski definition) is 1. The lowest BCUT2D eigenvalue weighted by Gasteiger charge is -2.12. The maximum absolute atomic E-state index is 9.54. The van der Waals surface area contributed by atoms with Crippen LogP contribution in [0.25, 0.3) is 0 Å². The van der Waals surface area contributed by atoms with Crippen LogP contribution < -0.4 is 0 Å². The average molecular weight is 169 g/mol. The average Bonchev–Trinajstić information content (AvgIpc) is 2.36. The van der Waals surface area contributed by atoms with E-state index in [0.29, 0.717) is 6.42 Å². The Balaban J connectivity index is 2.58. The fourth-order valence-corrected chi connectivity index (χ4v) is 0.928. The number of aromatic nitrogens is 3. The third kappa shape index (κ3) is 2.04. The summed E-state index contributed by atoms with van der Waals surface area (Å²) in [5.74, 6) is 1.10. The Morgan fingerprint density at radius 2 is 2.25 bits per heavy atom. The predicted molar refractivity (Wildman–Crippen MR) is 45.6 cm³/mol. The number of hydrogen-bond acceptors (Lipinski definition) is 3. The van der Waals surface area contributed by atoms with Crippen LogP contribution in [0.1, 0.15) is 19.7 Å². The summed E-state index contributed by atoms with van der Waals surface area (Å²) in [6, 6.07) is 0. The monoisotopic (exact) mass is 169 g/mol. The van der Waals surface area contributed by atoms with Crippen molar-refractivity contribution in [2.45, 2.75) is 26.4 Å². The summed E-state index contributed by atoms with van der Waals surface area (Å²) in [5.41, 5.74) is 0. The van der Waals surface area contributed by atoms with E-state index in [-0.39, 0.29) is 12.0 Å². The highest BCUT2D eigenvalue weighted by Gasteiger charge is 2.12. The molecule has 1 rings (SSSR count). The Morgan fingerprint density at radius 1 is 1.58 bits per heavy atom. The van der Waals surface area contributed by atoms with Crippen molar-refractivity contribution in [2.75, 3.05) is 0 Å². The van der Waals surface area contributed by atoms with E-state index in [4.69, 9.17) is 0 Å². The van der Waals surface area contributed by atoms with Gasteiger partial charge in [-0.3, -0.25) is 4.68 Å². The fourth-order valence-electron chi connectivity index (χ4n) is 0.928. The van der Waals surface area contributed by atoms with Gasteiger partial charge in [-0.1, -0.05) is 13.8 Å². The quantitative estimate of drug-likeness (QED) is 0.711. The summed E-state index contributed by atoms with van der Waals surface area (Å²) < 4.78 is 1.69. The summed E-state index contributed by atoms with van der Waals surface area (Å²) >= 11 is 0. The molecule has 0 radical (unpaired) electrons. The third-order valence-corrected chi connectivity index (χ3v) is 1.97. The molecular formula is C8H15N3O. The smallest absolute Gasteiger partial charge is 0.138 e. The normalized spacial score (nSPS) is 13.8. The molecule has 0 saturated heterocycles. The standard InChI is InChI=1S/C8H15N3O/c1-6(2)7(12)4-8-9-5-10-11(8)3/h5-7,12H,4H2,1-3H3. The number of aliphatic hydroxyl groups is 1. The van der Waals surface area contributed by atoms with E-state index in [0.717, 1.165) is 5.82 Å². The van der Waals surface area contributed by atoms with Gasteiger partial charge in [0.05, 0.1) is 6.10 Å². The minimum Gasteiger partial charge on any atom is -0.392 e. The summed E-state index contributed by atoms with van der Waals surface area (Å²) in [6.45, 7) is 3.97. The first-order chi connectivity index (χ1) is 5.61. The van der Waals surface area contributed by atoms with Crippen LogP contribution in [0.3, 0.4) is 0 Å². The van der Waals surface area contributed by atoms with Crippen molar-refractivity contribution in [1.29, 1.82) is 0 Å². The lowest BCUT2D eigenvalue weighted by atomic mass is 10.0. The molecule has 0 aliphatic carbocycles. The Bertz CT molecular complexity index is 244. The van der Waals surface area contributed by atoms with Gasteiger partial charge in [0.2, 0.25) is 0 Å². The number of aliphatic hydroxyl groups excluding tert-OH is 1. The zero-order chi connectivity index (χ0) is 9.14. The Hall–Kier alpha value is -0.900. The van der Waals surface area contributed by atoms with E-state index >= 15 is 0 Å². The Kier molecular flexibility index (Phi) is 2.81. The van der Waals surface area contributed by atoms with Crippen LogP contribution in [-0.2, 0) is 13.5 Å². The summed E-state index contributed by atoms with van der Waals surface area (Å²) in [4.78, 5) is 4.03. The molecule has 0 bridgehead atoms. The minimum absolute atomic E-state index is 0.265. The first-order valence-electron chi connectivity index (χ1n) is 4.12. The van der Waals surface area contributed by atoms with E-state index in [9.17, 15) is 5.11 Å². The second-order valence-corrected chi connectivity index (χ2v) is 3.32. The van der Waals surface area contributed by atoms with Gasteiger partial charge in [0, 0.05) is 13.5 Å². The first kappa shape index (κ1) is 9.19. The van der Waals surface area contributed by atoms with Crippen molar-refractivity contribution in [3.05, 3.63) is 12.2 Å². The molecule has 0 amide bonds. The third-order valence-electron chi connectivity index (χ3n) is 1.97. The van der Waals surface area contributed by atoms with E-state index < -0.39 is 0 Å². The largest absolute Gasteiger partial charge is 0.392 e.